The van der Waals surface area contributed by atoms with Crippen molar-refractivity contribution in [2.24, 2.45) is 0 Å². The molecule has 1 aliphatic rings. The first kappa shape index (κ1) is 10.3. The number of aromatic nitrogens is 1. The van der Waals surface area contributed by atoms with Crippen LogP contribution in [0.2, 0.25) is 0 Å². The Hall–Kier alpha value is -1.83. The van der Waals surface area contributed by atoms with Crippen molar-refractivity contribution >= 4 is 16.7 Å². The molecule has 1 unspecified atom stereocenters. The SMILES string of the molecule is C=C1CC(c2c[nH]c3ccccc23)CCC1=O. The number of rotatable bonds is 1. The predicted octanol–water partition coefficient (Wildman–Crippen LogP) is 3.56. The number of ketones is 1. The van der Waals surface area contributed by atoms with Crippen molar-refractivity contribution in [2.75, 3.05) is 0 Å². The van der Waals surface area contributed by atoms with Gasteiger partial charge in [-0.15, -0.1) is 0 Å². The van der Waals surface area contributed by atoms with Crippen LogP contribution in [0.1, 0.15) is 30.7 Å². The minimum Gasteiger partial charge on any atom is -0.361 e. The van der Waals surface area contributed by atoms with Gasteiger partial charge in [-0.3, -0.25) is 4.79 Å². The first-order valence-electron chi connectivity index (χ1n) is 6.02. The maximum atomic E-state index is 11.5. The van der Waals surface area contributed by atoms with E-state index in [4.69, 9.17) is 0 Å². The summed E-state index contributed by atoms with van der Waals surface area (Å²) in [5.74, 6) is 0.678. The van der Waals surface area contributed by atoms with E-state index in [1.807, 2.05) is 6.07 Å². The number of allylic oxidation sites excluding steroid dienone is 1. The van der Waals surface area contributed by atoms with Crippen LogP contribution in [0.15, 0.2) is 42.6 Å². The quantitative estimate of drug-likeness (QED) is 0.739. The van der Waals surface area contributed by atoms with Gasteiger partial charge in [-0.25, -0.2) is 0 Å². The Balaban J connectivity index is 1.99. The minimum atomic E-state index is 0.237. The van der Waals surface area contributed by atoms with E-state index in [0.717, 1.165) is 18.4 Å². The van der Waals surface area contributed by atoms with E-state index < -0.39 is 0 Å². The highest BCUT2D eigenvalue weighted by molar-refractivity contribution is 5.96. The number of fused-ring (bicyclic) bond motifs is 1. The average Bonchev–Trinajstić information content (AvgIpc) is 2.76. The van der Waals surface area contributed by atoms with Gasteiger partial charge in [0.2, 0.25) is 0 Å². The summed E-state index contributed by atoms with van der Waals surface area (Å²) < 4.78 is 0. The molecular formula is C15H15NO. The lowest BCUT2D eigenvalue weighted by molar-refractivity contribution is -0.116. The Labute approximate surface area is 100 Å². The van der Waals surface area contributed by atoms with Gasteiger partial charge in [-0.1, -0.05) is 24.8 Å². The maximum absolute atomic E-state index is 11.5. The zero-order valence-electron chi connectivity index (χ0n) is 9.70. The Morgan fingerprint density at radius 2 is 2.12 bits per heavy atom. The van der Waals surface area contributed by atoms with E-state index in [1.54, 1.807) is 0 Å². The van der Waals surface area contributed by atoms with Gasteiger partial charge in [0, 0.05) is 23.5 Å². The van der Waals surface area contributed by atoms with Crippen LogP contribution in [-0.4, -0.2) is 10.8 Å². The smallest absolute Gasteiger partial charge is 0.158 e. The van der Waals surface area contributed by atoms with Gasteiger partial charge in [0.05, 0.1) is 0 Å². The molecule has 1 aliphatic carbocycles. The lowest BCUT2D eigenvalue weighted by Gasteiger charge is -2.22. The number of aromatic amines is 1. The highest BCUT2D eigenvalue weighted by Gasteiger charge is 2.24. The number of hydrogen-bond donors (Lipinski definition) is 1. The second-order valence-electron chi connectivity index (χ2n) is 4.76. The Morgan fingerprint density at radius 3 is 2.94 bits per heavy atom. The molecule has 0 spiro atoms. The van der Waals surface area contributed by atoms with Crippen LogP contribution in [0.5, 0.6) is 0 Å². The van der Waals surface area contributed by atoms with Gasteiger partial charge in [-0.05, 0) is 36.0 Å². The van der Waals surface area contributed by atoms with Crippen LogP contribution >= 0.6 is 0 Å². The van der Waals surface area contributed by atoms with Gasteiger partial charge >= 0.3 is 0 Å². The summed E-state index contributed by atoms with van der Waals surface area (Å²) in [4.78, 5) is 14.8. The molecule has 17 heavy (non-hydrogen) atoms. The molecule has 3 rings (SSSR count). The normalized spacial score (nSPS) is 21.1. The maximum Gasteiger partial charge on any atom is 0.158 e. The number of benzene rings is 1. The Kier molecular flexibility index (Phi) is 2.36. The summed E-state index contributed by atoms with van der Waals surface area (Å²) in [7, 11) is 0. The fraction of sp³-hybridized carbons (Fsp3) is 0.267. The number of para-hydroxylation sites is 1. The molecule has 1 aromatic carbocycles. The summed E-state index contributed by atoms with van der Waals surface area (Å²) in [6.45, 7) is 3.88. The highest BCUT2D eigenvalue weighted by Crippen LogP contribution is 2.36. The van der Waals surface area contributed by atoms with Crippen molar-refractivity contribution < 1.29 is 4.79 Å². The average molecular weight is 225 g/mol. The molecule has 1 saturated carbocycles. The summed E-state index contributed by atoms with van der Waals surface area (Å²) in [5, 5.41) is 1.28. The third-order valence-electron chi connectivity index (χ3n) is 3.67. The van der Waals surface area contributed by atoms with Gasteiger partial charge < -0.3 is 4.98 Å². The van der Waals surface area contributed by atoms with Crippen LogP contribution in [0.3, 0.4) is 0 Å². The van der Waals surface area contributed by atoms with E-state index in [2.05, 4.69) is 36.0 Å². The van der Waals surface area contributed by atoms with Gasteiger partial charge in [0.25, 0.3) is 0 Å². The molecular weight excluding hydrogens is 210 g/mol. The summed E-state index contributed by atoms with van der Waals surface area (Å²) in [5.41, 5.74) is 3.28. The van der Waals surface area contributed by atoms with Gasteiger partial charge in [-0.2, -0.15) is 0 Å². The third-order valence-corrected chi connectivity index (χ3v) is 3.67. The largest absolute Gasteiger partial charge is 0.361 e. The molecule has 1 atom stereocenters. The molecule has 1 fully saturated rings. The predicted molar refractivity (Wildman–Crippen MR) is 69.0 cm³/mol. The number of hydrogen-bond acceptors (Lipinski definition) is 1. The highest BCUT2D eigenvalue weighted by atomic mass is 16.1. The number of carbonyl (C=O) groups is 1. The zero-order valence-corrected chi connectivity index (χ0v) is 9.70. The molecule has 86 valence electrons. The second kappa shape index (κ2) is 3.88. The topological polar surface area (TPSA) is 32.9 Å². The summed E-state index contributed by atoms with van der Waals surface area (Å²) in [6.07, 6.45) is 4.47. The van der Waals surface area contributed by atoms with Crippen molar-refractivity contribution in [3.05, 3.63) is 48.2 Å². The van der Waals surface area contributed by atoms with Crippen molar-refractivity contribution in [1.82, 2.24) is 4.98 Å². The molecule has 1 aromatic heterocycles. The molecule has 0 saturated heterocycles. The fourth-order valence-electron chi connectivity index (χ4n) is 2.69. The van der Waals surface area contributed by atoms with Crippen LogP contribution in [-0.2, 0) is 4.79 Å². The zero-order chi connectivity index (χ0) is 11.8. The standard InChI is InChI=1S/C15H15NO/c1-10-8-11(6-7-15(10)17)13-9-16-14-5-3-2-4-12(13)14/h2-5,9,11,16H,1,6-8H2. The fourth-order valence-corrected chi connectivity index (χ4v) is 2.69. The van der Waals surface area contributed by atoms with Crippen molar-refractivity contribution in [3.8, 4) is 0 Å². The first-order valence-corrected chi connectivity index (χ1v) is 6.02. The van der Waals surface area contributed by atoms with E-state index in [9.17, 15) is 4.79 Å². The van der Waals surface area contributed by atoms with Crippen molar-refractivity contribution in [1.29, 1.82) is 0 Å². The number of carbonyl (C=O) groups excluding carboxylic acids is 1. The van der Waals surface area contributed by atoms with E-state index in [0.29, 0.717) is 12.3 Å². The molecule has 0 aliphatic heterocycles. The number of H-pyrrole nitrogens is 1. The third kappa shape index (κ3) is 1.70. The van der Waals surface area contributed by atoms with E-state index in [1.165, 1.54) is 16.5 Å². The first-order chi connectivity index (χ1) is 8.25. The van der Waals surface area contributed by atoms with Gasteiger partial charge in [0.15, 0.2) is 5.78 Å². The molecule has 0 bridgehead atoms. The van der Waals surface area contributed by atoms with E-state index in [-0.39, 0.29) is 5.78 Å². The molecule has 0 amide bonds. The van der Waals surface area contributed by atoms with Crippen LogP contribution in [0.4, 0.5) is 0 Å². The van der Waals surface area contributed by atoms with Crippen molar-refractivity contribution in [2.45, 2.75) is 25.2 Å². The summed E-state index contributed by atoms with van der Waals surface area (Å²) >= 11 is 0. The molecule has 0 radical (unpaired) electrons. The molecule has 2 heteroatoms. The lowest BCUT2D eigenvalue weighted by Crippen LogP contribution is -2.14. The van der Waals surface area contributed by atoms with Gasteiger partial charge in [0.1, 0.15) is 0 Å². The Bertz CT molecular complexity index is 594. The number of nitrogens with one attached hydrogen (secondary N) is 1. The minimum absolute atomic E-state index is 0.237. The molecule has 1 N–H and O–H groups in total. The molecule has 2 nitrogen and oxygen atoms in total. The van der Waals surface area contributed by atoms with Crippen LogP contribution in [0, 0.1) is 0 Å². The van der Waals surface area contributed by atoms with Crippen LogP contribution < -0.4 is 0 Å². The molecule has 2 aromatic rings. The Morgan fingerprint density at radius 1 is 1.29 bits per heavy atom. The van der Waals surface area contributed by atoms with E-state index >= 15 is 0 Å². The summed E-state index contributed by atoms with van der Waals surface area (Å²) in [6, 6.07) is 8.32. The van der Waals surface area contributed by atoms with Crippen molar-refractivity contribution in [3.63, 3.8) is 0 Å². The molecule has 1 heterocycles. The second-order valence-corrected chi connectivity index (χ2v) is 4.76. The monoisotopic (exact) mass is 225 g/mol. The van der Waals surface area contributed by atoms with Crippen LogP contribution in [0.25, 0.3) is 10.9 Å². The lowest BCUT2D eigenvalue weighted by atomic mass is 9.81. The number of Topliss-reactive ketones (excluding diaryl/α,β-unsaturated/α-hetero) is 1.